The molecule has 2 N–H and O–H groups in total. The van der Waals surface area contributed by atoms with Crippen LogP contribution in [0.1, 0.15) is 42.9 Å². The molecule has 1 aliphatic carbocycles. The van der Waals surface area contributed by atoms with Crippen molar-refractivity contribution < 1.29 is 14.7 Å². The van der Waals surface area contributed by atoms with Crippen LogP contribution < -0.4 is 5.69 Å². The van der Waals surface area contributed by atoms with Gasteiger partial charge in [-0.2, -0.15) is 4.99 Å². The van der Waals surface area contributed by atoms with E-state index in [2.05, 4.69) is 39.1 Å². The van der Waals surface area contributed by atoms with E-state index in [1.807, 2.05) is 85.0 Å². The van der Waals surface area contributed by atoms with Gasteiger partial charge in [-0.3, -0.25) is 19.3 Å². The predicted octanol–water partition coefficient (Wildman–Crippen LogP) is 6.19. The van der Waals surface area contributed by atoms with Gasteiger partial charge >= 0.3 is 17.8 Å². The summed E-state index contributed by atoms with van der Waals surface area (Å²) in [7, 11) is 0. The fourth-order valence-corrected chi connectivity index (χ4v) is 7.64. The Morgan fingerprint density at radius 3 is 2.32 bits per heavy atom. The molecule has 1 aromatic heterocycles. The summed E-state index contributed by atoms with van der Waals surface area (Å²) in [6.45, 7) is 2.30. The minimum atomic E-state index is -1.24. The number of carbonyl (C=O) groups is 2. The average molecular weight is 631 g/mol. The summed E-state index contributed by atoms with van der Waals surface area (Å²) < 4.78 is 1.75. The summed E-state index contributed by atoms with van der Waals surface area (Å²) in [4.78, 5) is 53.1. The highest BCUT2D eigenvalue weighted by Gasteiger charge is 2.55. The number of carbonyl (C=O) groups excluding carboxylic acids is 1. The number of carboxylic acid groups (broad SMARTS) is 1. The van der Waals surface area contributed by atoms with Crippen molar-refractivity contribution in [2.24, 2.45) is 4.99 Å². The van der Waals surface area contributed by atoms with Crippen molar-refractivity contribution in [1.82, 2.24) is 24.3 Å². The highest BCUT2D eigenvalue weighted by molar-refractivity contribution is 6.13. The first-order chi connectivity index (χ1) is 22.9. The molecule has 3 amide bonds. The highest BCUT2D eigenvalue weighted by Crippen LogP contribution is 2.44. The topological polar surface area (TPSA) is 114 Å². The van der Waals surface area contributed by atoms with Crippen LogP contribution >= 0.6 is 0 Å². The maximum absolute atomic E-state index is 13.8. The number of nitrogens with one attached hydrogen (secondary N) is 1. The molecule has 7 rings (SSSR count). The number of likely N-dealkylation sites (tertiary alicyclic amines) is 1. The van der Waals surface area contributed by atoms with E-state index >= 15 is 0 Å². The summed E-state index contributed by atoms with van der Waals surface area (Å²) in [5.74, 6) is 0. The Morgan fingerprint density at radius 2 is 1.62 bits per heavy atom. The van der Waals surface area contributed by atoms with Crippen LogP contribution in [0.2, 0.25) is 0 Å². The largest absolute Gasteiger partial charge is 0.465 e. The van der Waals surface area contributed by atoms with Gasteiger partial charge in [0.2, 0.25) is 0 Å². The fourth-order valence-electron chi connectivity index (χ4n) is 7.64. The van der Waals surface area contributed by atoms with E-state index in [1.54, 1.807) is 9.47 Å². The number of amides is 3. The van der Waals surface area contributed by atoms with Crippen molar-refractivity contribution in [3.63, 3.8) is 0 Å². The van der Waals surface area contributed by atoms with E-state index in [9.17, 15) is 19.5 Å². The summed E-state index contributed by atoms with van der Waals surface area (Å²) >= 11 is 0. The number of hydrogen-bond donors (Lipinski definition) is 2. The molecule has 1 saturated heterocycles. The average Bonchev–Trinajstić information content (AvgIpc) is 3.60. The van der Waals surface area contributed by atoms with Gasteiger partial charge in [0.05, 0.1) is 22.8 Å². The third-order valence-electron chi connectivity index (χ3n) is 9.65. The Kier molecular flexibility index (Phi) is 8.34. The number of nitrogens with zero attached hydrogens (tertiary/aromatic N) is 5. The summed E-state index contributed by atoms with van der Waals surface area (Å²) in [6, 6.07) is 26.9. The molecule has 0 saturated carbocycles. The van der Waals surface area contributed by atoms with Crippen LogP contribution in [0.15, 0.2) is 119 Å². The molecular formula is C37H38N6O4. The molecular weight excluding hydrogens is 592 g/mol. The molecule has 4 aromatic rings. The molecule has 0 spiro atoms. The number of fused-ring (bicyclic) bond motifs is 2. The minimum absolute atomic E-state index is 0.176. The molecule has 47 heavy (non-hydrogen) atoms. The molecule has 3 aromatic carbocycles. The van der Waals surface area contributed by atoms with Crippen molar-refractivity contribution >= 4 is 28.9 Å². The number of aromatic nitrogens is 2. The van der Waals surface area contributed by atoms with Gasteiger partial charge < -0.3 is 10.1 Å². The second kappa shape index (κ2) is 12.9. The number of aromatic amines is 1. The van der Waals surface area contributed by atoms with Crippen LogP contribution in [0.25, 0.3) is 11.0 Å². The van der Waals surface area contributed by atoms with Crippen LogP contribution in [0, 0.1) is 0 Å². The van der Waals surface area contributed by atoms with E-state index in [4.69, 9.17) is 0 Å². The Hall–Kier alpha value is -5.22. The van der Waals surface area contributed by atoms with Gasteiger partial charge in [-0.1, -0.05) is 91.0 Å². The minimum Gasteiger partial charge on any atom is -0.465 e. The normalized spacial score (nSPS) is 22.2. The highest BCUT2D eigenvalue weighted by atomic mass is 16.4. The van der Waals surface area contributed by atoms with Crippen molar-refractivity contribution in [3.8, 4) is 0 Å². The lowest BCUT2D eigenvalue weighted by Gasteiger charge is -2.54. The Morgan fingerprint density at radius 1 is 0.936 bits per heavy atom. The maximum Gasteiger partial charge on any atom is 0.409 e. The quantitative estimate of drug-likeness (QED) is 0.217. The number of rotatable bonds is 10. The number of benzene rings is 3. The molecule has 2 aliphatic heterocycles. The molecule has 2 unspecified atom stereocenters. The number of imidazole rings is 1. The molecule has 0 radical (unpaired) electrons. The molecule has 10 nitrogen and oxygen atoms in total. The van der Waals surface area contributed by atoms with Gasteiger partial charge in [-0.05, 0) is 55.1 Å². The van der Waals surface area contributed by atoms with Crippen LogP contribution in [-0.4, -0.2) is 72.0 Å². The molecule has 3 heterocycles. The number of allylic oxidation sites excluding steroid dienone is 2. The van der Waals surface area contributed by atoms with E-state index in [-0.39, 0.29) is 24.7 Å². The third-order valence-corrected chi connectivity index (χ3v) is 9.65. The first kappa shape index (κ1) is 30.4. The number of piperidine rings is 1. The van der Waals surface area contributed by atoms with Gasteiger partial charge in [0.15, 0.2) is 0 Å². The van der Waals surface area contributed by atoms with Crippen LogP contribution in [0.3, 0.4) is 0 Å². The Labute approximate surface area is 272 Å². The van der Waals surface area contributed by atoms with E-state index < -0.39 is 23.8 Å². The molecule has 3 aliphatic rings. The number of urea groups is 1. The molecule has 0 bridgehead atoms. The summed E-state index contributed by atoms with van der Waals surface area (Å²) in [5.41, 5.74) is 2.99. The van der Waals surface area contributed by atoms with E-state index in [0.717, 1.165) is 24.1 Å². The molecule has 10 heteroatoms. The number of para-hydroxylation sites is 2. The van der Waals surface area contributed by atoms with E-state index in [1.165, 1.54) is 16.0 Å². The summed E-state index contributed by atoms with van der Waals surface area (Å²) in [6.07, 6.45) is 8.06. The predicted molar refractivity (Wildman–Crippen MR) is 181 cm³/mol. The van der Waals surface area contributed by atoms with Crippen molar-refractivity contribution in [2.75, 3.05) is 13.1 Å². The van der Waals surface area contributed by atoms with Crippen molar-refractivity contribution in [2.45, 2.75) is 56.5 Å². The third kappa shape index (κ3) is 5.92. The molecule has 240 valence electrons. The van der Waals surface area contributed by atoms with Crippen LogP contribution in [0.4, 0.5) is 9.59 Å². The monoisotopic (exact) mass is 630 g/mol. The zero-order chi connectivity index (χ0) is 32.4. The van der Waals surface area contributed by atoms with Gasteiger partial charge in [0.25, 0.3) is 0 Å². The summed E-state index contributed by atoms with van der Waals surface area (Å²) in [5, 5.41) is 10.7. The second-order valence-corrected chi connectivity index (χ2v) is 12.5. The Bertz CT molecular complexity index is 1870. The van der Waals surface area contributed by atoms with Gasteiger partial charge in [0.1, 0.15) is 5.66 Å². The first-order valence-electron chi connectivity index (χ1n) is 16.2. The lowest BCUT2D eigenvalue weighted by Crippen LogP contribution is -2.68. The SMILES string of the molecule is O=C(O)N1CCC(n2c(=O)[nH]c3ccccc32)CC1(CCCN(Cc1ccccc1)Cc1ccccc1)N1C(=O)N=C2C=CC=C[C@@H]21. The zero-order valence-corrected chi connectivity index (χ0v) is 26.1. The molecule has 1 fully saturated rings. The maximum atomic E-state index is 13.8. The molecule has 3 atom stereocenters. The lowest BCUT2D eigenvalue weighted by molar-refractivity contribution is -0.0654. The van der Waals surface area contributed by atoms with Crippen molar-refractivity contribution in [1.29, 1.82) is 0 Å². The van der Waals surface area contributed by atoms with Gasteiger partial charge in [-0.15, -0.1) is 0 Å². The number of aliphatic imine (C=N–C) groups is 1. The zero-order valence-electron chi connectivity index (χ0n) is 26.1. The number of hydrogen-bond acceptors (Lipinski definition) is 4. The van der Waals surface area contributed by atoms with Gasteiger partial charge in [0, 0.05) is 32.1 Å². The lowest BCUT2D eigenvalue weighted by atomic mass is 9.84. The smallest absolute Gasteiger partial charge is 0.409 e. The fraction of sp³-hybridized carbons (Fsp3) is 0.297. The van der Waals surface area contributed by atoms with E-state index in [0.29, 0.717) is 31.5 Å². The van der Waals surface area contributed by atoms with Crippen LogP contribution in [0.5, 0.6) is 0 Å². The Balaban J connectivity index is 1.25. The van der Waals surface area contributed by atoms with Crippen molar-refractivity contribution in [3.05, 3.63) is 131 Å². The first-order valence-corrected chi connectivity index (χ1v) is 16.2. The van der Waals surface area contributed by atoms with Crippen LogP contribution in [-0.2, 0) is 13.1 Å². The van der Waals surface area contributed by atoms with Gasteiger partial charge in [-0.25, -0.2) is 14.4 Å². The number of H-pyrrole nitrogens is 1. The standard InChI is InChI=1S/C37H38N6O4/c44-34-38-30-16-7-9-18-32(30)42(34)29-20-23-41(36(46)47)37(24-29,43-33-19-10-8-17-31(33)39-35(43)45)21-11-22-40(25-27-12-3-1-4-13-27)26-28-14-5-2-6-15-28/h1-10,12-19,29,33H,11,20-26H2,(H,38,44)(H,46,47)/t29?,33-,37?/m0/s1. The second-order valence-electron chi connectivity index (χ2n) is 12.5.